The number of methoxy groups -OCH3 is 1. The van der Waals surface area contributed by atoms with E-state index in [9.17, 15) is 23.3 Å². The van der Waals surface area contributed by atoms with E-state index in [1.165, 1.54) is 31.4 Å². The molecule has 0 aliphatic heterocycles. The summed E-state index contributed by atoms with van der Waals surface area (Å²) in [6.07, 6.45) is 4.05. The molecule has 0 fully saturated rings. The predicted octanol–water partition coefficient (Wildman–Crippen LogP) is 3.88. The van der Waals surface area contributed by atoms with Gasteiger partial charge >= 0.3 is 5.97 Å². The first kappa shape index (κ1) is 24.8. The number of rotatable bonds is 10. The number of fused-ring (bicyclic) bond motifs is 1. The number of nitrogens with one attached hydrogen (secondary N) is 1. The first-order valence-electron chi connectivity index (χ1n) is 10.5. The maximum Gasteiger partial charge on any atom is 0.305 e. The minimum absolute atomic E-state index is 0.0354. The van der Waals surface area contributed by atoms with Crippen molar-refractivity contribution in [2.24, 2.45) is 0 Å². The van der Waals surface area contributed by atoms with Gasteiger partial charge in [0, 0.05) is 11.4 Å². The lowest BCUT2D eigenvalue weighted by atomic mass is 9.83. The molecule has 178 valence electrons. The van der Waals surface area contributed by atoms with E-state index >= 15 is 0 Å². The average molecular weight is 497 g/mol. The SMILES string of the molecule is COC(=O)CCc1c2c(cc(NS(=O)(=O)c3ccc(Cl)cc3)c1CCO[N+](=O)[O-])CCCC2. The molecule has 9 nitrogen and oxygen atoms in total. The second-order valence-electron chi connectivity index (χ2n) is 7.67. The standard InChI is InChI=1S/C22H25ClN2O7S/c1-31-22(26)11-10-19-18-5-3-2-4-15(18)14-21(20(19)12-13-32-25(27)28)24-33(29,30)17-8-6-16(23)7-9-17/h6-9,14,24H,2-5,10-13H2,1H3. The molecule has 1 N–H and O–H groups in total. The zero-order valence-electron chi connectivity index (χ0n) is 18.1. The molecule has 2 aromatic rings. The number of sulfonamides is 1. The molecule has 1 aliphatic carbocycles. The molecule has 0 aromatic heterocycles. The molecular weight excluding hydrogens is 472 g/mol. The number of anilines is 1. The van der Waals surface area contributed by atoms with Crippen molar-refractivity contribution in [1.82, 2.24) is 0 Å². The zero-order valence-corrected chi connectivity index (χ0v) is 19.7. The van der Waals surface area contributed by atoms with Crippen molar-refractivity contribution in [2.45, 2.75) is 49.8 Å². The highest BCUT2D eigenvalue weighted by Gasteiger charge is 2.24. The van der Waals surface area contributed by atoms with Crippen LogP contribution in [0.3, 0.4) is 0 Å². The second-order valence-corrected chi connectivity index (χ2v) is 9.79. The van der Waals surface area contributed by atoms with Crippen LogP contribution in [0.5, 0.6) is 0 Å². The van der Waals surface area contributed by atoms with Crippen LogP contribution in [0, 0.1) is 10.1 Å². The van der Waals surface area contributed by atoms with Crippen molar-refractivity contribution in [3.8, 4) is 0 Å². The van der Waals surface area contributed by atoms with Gasteiger partial charge in [0.2, 0.25) is 0 Å². The average Bonchev–Trinajstić information content (AvgIpc) is 2.78. The summed E-state index contributed by atoms with van der Waals surface area (Å²) in [5, 5.41) is 10.2. The van der Waals surface area contributed by atoms with Crippen molar-refractivity contribution < 1.29 is 27.9 Å². The molecule has 0 saturated carbocycles. The predicted molar refractivity (Wildman–Crippen MR) is 122 cm³/mol. The monoisotopic (exact) mass is 496 g/mol. The van der Waals surface area contributed by atoms with Gasteiger partial charge < -0.3 is 9.57 Å². The topological polar surface area (TPSA) is 125 Å². The molecule has 0 saturated heterocycles. The number of aryl methyl sites for hydroxylation is 1. The Morgan fingerprint density at radius 1 is 1.15 bits per heavy atom. The van der Waals surface area contributed by atoms with E-state index in [1.54, 1.807) is 6.07 Å². The normalized spacial score (nSPS) is 13.2. The fourth-order valence-corrected chi connectivity index (χ4v) is 5.30. The van der Waals surface area contributed by atoms with Gasteiger partial charge in [-0.3, -0.25) is 9.52 Å². The van der Waals surface area contributed by atoms with Crippen LogP contribution in [0.2, 0.25) is 5.02 Å². The number of carbonyl (C=O) groups excluding carboxylic acids is 1. The number of hydrogen-bond donors (Lipinski definition) is 1. The summed E-state index contributed by atoms with van der Waals surface area (Å²) in [4.78, 5) is 27.1. The summed E-state index contributed by atoms with van der Waals surface area (Å²) in [5.41, 5.74) is 3.80. The molecule has 0 amide bonds. The van der Waals surface area contributed by atoms with Gasteiger partial charge in [-0.2, -0.15) is 0 Å². The minimum atomic E-state index is -3.95. The molecule has 0 heterocycles. The molecule has 0 unspecified atom stereocenters. The van der Waals surface area contributed by atoms with Crippen LogP contribution < -0.4 is 4.72 Å². The van der Waals surface area contributed by atoms with Crippen molar-refractivity contribution >= 4 is 33.3 Å². The number of benzene rings is 2. The summed E-state index contributed by atoms with van der Waals surface area (Å²) in [6, 6.07) is 7.56. The van der Waals surface area contributed by atoms with Gasteiger partial charge in [0.1, 0.15) is 6.61 Å². The maximum atomic E-state index is 13.1. The Morgan fingerprint density at radius 3 is 2.52 bits per heavy atom. The molecule has 0 bridgehead atoms. The van der Waals surface area contributed by atoms with Crippen molar-refractivity contribution in [3.05, 3.63) is 67.7 Å². The largest absolute Gasteiger partial charge is 0.469 e. The van der Waals surface area contributed by atoms with Gasteiger partial charge in [-0.25, -0.2) is 8.42 Å². The van der Waals surface area contributed by atoms with Crippen molar-refractivity contribution in [1.29, 1.82) is 0 Å². The van der Waals surface area contributed by atoms with Gasteiger partial charge in [-0.15, -0.1) is 10.1 Å². The van der Waals surface area contributed by atoms with Crippen LogP contribution in [0.25, 0.3) is 0 Å². The zero-order chi connectivity index (χ0) is 24.0. The summed E-state index contributed by atoms with van der Waals surface area (Å²) in [5.74, 6) is -0.390. The van der Waals surface area contributed by atoms with E-state index in [0.29, 0.717) is 22.7 Å². The molecule has 0 spiro atoms. The van der Waals surface area contributed by atoms with Crippen LogP contribution in [0.15, 0.2) is 35.2 Å². The third-order valence-electron chi connectivity index (χ3n) is 5.61. The smallest absolute Gasteiger partial charge is 0.305 e. The minimum Gasteiger partial charge on any atom is -0.469 e. The van der Waals surface area contributed by atoms with Gasteiger partial charge in [-0.1, -0.05) is 11.6 Å². The van der Waals surface area contributed by atoms with Crippen molar-refractivity contribution in [2.75, 3.05) is 18.4 Å². The number of carbonyl (C=O) groups is 1. The lowest BCUT2D eigenvalue weighted by Gasteiger charge is -2.25. The highest BCUT2D eigenvalue weighted by atomic mass is 35.5. The molecule has 1 aliphatic rings. The highest BCUT2D eigenvalue weighted by molar-refractivity contribution is 7.92. The van der Waals surface area contributed by atoms with E-state index in [-0.39, 0.29) is 30.3 Å². The van der Waals surface area contributed by atoms with Crippen LogP contribution in [0.4, 0.5) is 5.69 Å². The Labute approximate surface area is 197 Å². The summed E-state index contributed by atoms with van der Waals surface area (Å²) in [7, 11) is -2.64. The Hall–Kier alpha value is -2.85. The lowest BCUT2D eigenvalue weighted by Crippen LogP contribution is -2.19. The summed E-state index contributed by atoms with van der Waals surface area (Å²) < 4.78 is 33.6. The molecular formula is C22H25ClN2O7S. The quantitative estimate of drug-likeness (QED) is 0.300. The Balaban J connectivity index is 2.06. The number of esters is 1. The first-order chi connectivity index (χ1) is 15.7. The number of halogens is 1. The summed E-state index contributed by atoms with van der Waals surface area (Å²) >= 11 is 5.88. The fourth-order valence-electron chi connectivity index (χ4n) is 4.09. The van der Waals surface area contributed by atoms with Gasteiger partial charge in [0.05, 0.1) is 17.7 Å². The van der Waals surface area contributed by atoms with E-state index in [0.717, 1.165) is 42.4 Å². The fraction of sp³-hybridized carbons (Fsp3) is 0.409. The van der Waals surface area contributed by atoms with Crippen LogP contribution in [0.1, 0.15) is 41.5 Å². The Kier molecular flexibility index (Phi) is 8.15. The van der Waals surface area contributed by atoms with Crippen LogP contribution in [-0.4, -0.2) is 33.2 Å². The molecule has 0 radical (unpaired) electrons. The maximum absolute atomic E-state index is 13.1. The molecule has 11 heteroatoms. The molecule has 2 aromatic carbocycles. The van der Waals surface area contributed by atoms with E-state index in [1.807, 2.05) is 0 Å². The Morgan fingerprint density at radius 2 is 1.85 bits per heavy atom. The number of hydrogen-bond acceptors (Lipinski definition) is 7. The summed E-state index contributed by atoms with van der Waals surface area (Å²) in [6.45, 7) is -0.243. The molecule has 3 rings (SSSR count). The highest BCUT2D eigenvalue weighted by Crippen LogP contribution is 2.35. The number of nitrogens with zero attached hydrogens (tertiary/aromatic N) is 1. The van der Waals surface area contributed by atoms with Crippen LogP contribution in [-0.2, 0) is 50.1 Å². The molecule has 33 heavy (non-hydrogen) atoms. The third kappa shape index (κ3) is 6.35. The van der Waals surface area contributed by atoms with Crippen molar-refractivity contribution in [3.63, 3.8) is 0 Å². The second kappa shape index (κ2) is 10.8. The van der Waals surface area contributed by atoms with Crippen LogP contribution >= 0.6 is 11.6 Å². The van der Waals surface area contributed by atoms with E-state index < -0.39 is 15.1 Å². The van der Waals surface area contributed by atoms with Gasteiger partial charge in [0.15, 0.2) is 0 Å². The first-order valence-corrected chi connectivity index (χ1v) is 12.4. The molecule has 0 atom stereocenters. The van der Waals surface area contributed by atoms with Gasteiger partial charge in [0.25, 0.3) is 15.1 Å². The van der Waals surface area contributed by atoms with Gasteiger partial charge in [-0.05, 0) is 91.1 Å². The lowest BCUT2D eigenvalue weighted by molar-refractivity contribution is -0.757. The Bertz CT molecular complexity index is 1130. The number of ether oxygens (including phenoxy) is 1. The van der Waals surface area contributed by atoms with E-state index in [2.05, 4.69) is 9.56 Å². The third-order valence-corrected chi connectivity index (χ3v) is 7.24. The van der Waals surface area contributed by atoms with E-state index in [4.69, 9.17) is 16.3 Å².